The summed E-state index contributed by atoms with van der Waals surface area (Å²) in [6, 6.07) is 22.6. The first-order chi connectivity index (χ1) is 14.0. The average molecular weight is 454 g/mol. The fourth-order valence-corrected chi connectivity index (χ4v) is 3.01. The number of halogens is 1. The zero-order valence-corrected chi connectivity index (χ0v) is 17.1. The van der Waals surface area contributed by atoms with Crippen LogP contribution in [-0.2, 0) is 17.8 Å². The van der Waals surface area contributed by atoms with E-state index in [9.17, 15) is 14.7 Å². The van der Waals surface area contributed by atoms with Gasteiger partial charge in [-0.25, -0.2) is 4.79 Å². The number of carboxylic acids is 1. The monoisotopic (exact) mass is 453 g/mol. The topological polar surface area (TPSA) is 75.6 Å². The number of rotatable bonds is 8. The van der Waals surface area contributed by atoms with Gasteiger partial charge in [0.1, 0.15) is 18.4 Å². The molecule has 0 saturated carbocycles. The number of hydrogen-bond donors (Lipinski definition) is 2. The minimum absolute atomic E-state index is 0.219. The molecular formula is C23H20BrNO4. The van der Waals surface area contributed by atoms with Crippen LogP contribution in [0.4, 0.5) is 0 Å². The molecule has 0 radical (unpaired) electrons. The lowest BCUT2D eigenvalue weighted by molar-refractivity contribution is -0.139. The van der Waals surface area contributed by atoms with E-state index < -0.39 is 17.9 Å². The third-order valence-electron chi connectivity index (χ3n) is 4.32. The van der Waals surface area contributed by atoms with Crippen molar-refractivity contribution in [2.24, 2.45) is 0 Å². The van der Waals surface area contributed by atoms with Crippen molar-refractivity contribution < 1.29 is 19.4 Å². The number of nitrogens with one attached hydrogen (secondary N) is 1. The molecule has 29 heavy (non-hydrogen) atoms. The van der Waals surface area contributed by atoms with Crippen molar-refractivity contribution in [3.63, 3.8) is 0 Å². The van der Waals surface area contributed by atoms with E-state index in [1.807, 2.05) is 54.6 Å². The second-order valence-corrected chi connectivity index (χ2v) is 7.41. The zero-order valence-electron chi connectivity index (χ0n) is 15.5. The Morgan fingerprint density at radius 1 is 0.897 bits per heavy atom. The number of hydrogen-bond acceptors (Lipinski definition) is 3. The Kier molecular flexibility index (Phi) is 7.03. The smallest absolute Gasteiger partial charge is 0.326 e. The van der Waals surface area contributed by atoms with Gasteiger partial charge in [0.2, 0.25) is 0 Å². The van der Waals surface area contributed by atoms with E-state index in [0.717, 1.165) is 15.6 Å². The Bertz CT molecular complexity index is 956. The first-order valence-electron chi connectivity index (χ1n) is 9.06. The summed E-state index contributed by atoms with van der Waals surface area (Å²) in [5.74, 6) is -0.881. The summed E-state index contributed by atoms with van der Waals surface area (Å²) in [5.41, 5.74) is 2.25. The molecule has 5 nitrogen and oxygen atoms in total. The van der Waals surface area contributed by atoms with Crippen molar-refractivity contribution in [1.82, 2.24) is 5.32 Å². The highest BCUT2D eigenvalue weighted by molar-refractivity contribution is 9.10. The fourth-order valence-electron chi connectivity index (χ4n) is 2.74. The molecule has 1 unspecified atom stereocenters. The minimum Gasteiger partial charge on any atom is -0.489 e. The molecule has 0 saturated heterocycles. The Morgan fingerprint density at radius 3 is 2.17 bits per heavy atom. The maximum Gasteiger partial charge on any atom is 0.326 e. The van der Waals surface area contributed by atoms with Gasteiger partial charge >= 0.3 is 5.97 Å². The first-order valence-corrected chi connectivity index (χ1v) is 9.85. The SMILES string of the molecule is O=C(NC(Cc1ccccc1)C(=O)O)c1ccc(OCc2ccc(Br)cc2)cc1. The van der Waals surface area contributed by atoms with Crippen molar-refractivity contribution in [3.05, 3.63) is 100 Å². The number of ether oxygens (including phenoxy) is 1. The molecule has 3 aromatic rings. The van der Waals surface area contributed by atoms with Gasteiger partial charge in [0.25, 0.3) is 5.91 Å². The van der Waals surface area contributed by atoms with Crippen molar-refractivity contribution in [1.29, 1.82) is 0 Å². The number of carbonyl (C=O) groups is 2. The quantitative estimate of drug-likeness (QED) is 0.527. The summed E-state index contributed by atoms with van der Waals surface area (Å²) in [7, 11) is 0. The van der Waals surface area contributed by atoms with Gasteiger partial charge in [0.15, 0.2) is 0 Å². The van der Waals surface area contributed by atoms with Crippen molar-refractivity contribution in [2.45, 2.75) is 19.1 Å². The van der Waals surface area contributed by atoms with Crippen molar-refractivity contribution in [2.75, 3.05) is 0 Å². The zero-order chi connectivity index (χ0) is 20.6. The largest absolute Gasteiger partial charge is 0.489 e. The van der Waals surface area contributed by atoms with Crippen LogP contribution in [-0.4, -0.2) is 23.0 Å². The molecule has 1 amide bonds. The van der Waals surface area contributed by atoms with Gasteiger partial charge < -0.3 is 15.2 Å². The van der Waals surface area contributed by atoms with E-state index in [2.05, 4.69) is 21.2 Å². The Hall–Kier alpha value is -3.12. The predicted molar refractivity (Wildman–Crippen MR) is 114 cm³/mol. The second kappa shape index (κ2) is 9.89. The van der Waals surface area contributed by atoms with E-state index in [1.165, 1.54) is 0 Å². The molecule has 3 rings (SSSR count). The highest BCUT2D eigenvalue weighted by Crippen LogP contribution is 2.16. The van der Waals surface area contributed by atoms with Gasteiger partial charge in [-0.15, -0.1) is 0 Å². The first kappa shape index (κ1) is 20.6. The number of amides is 1. The lowest BCUT2D eigenvalue weighted by atomic mass is 10.1. The third-order valence-corrected chi connectivity index (χ3v) is 4.85. The average Bonchev–Trinajstić information content (AvgIpc) is 2.74. The second-order valence-electron chi connectivity index (χ2n) is 6.49. The van der Waals surface area contributed by atoms with Crippen LogP contribution in [0.3, 0.4) is 0 Å². The molecule has 0 heterocycles. The van der Waals surface area contributed by atoms with Crippen molar-refractivity contribution >= 4 is 27.8 Å². The molecule has 1 atom stereocenters. The molecule has 0 aliphatic rings. The number of carboxylic acid groups (broad SMARTS) is 1. The summed E-state index contributed by atoms with van der Waals surface area (Å²) >= 11 is 3.39. The lowest BCUT2D eigenvalue weighted by Crippen LogP contribution is -2.42. The molecule has 2 N–H and O–H groups in total. The molecule has 6 heteroatoms. The van der Waals surface area contributed by atoms with Gasteiger partial charge in [-0.1, -0.05) is 58.4 Å². The Balaban J connectivity index is 1.58. The standard InChI is InChI=1S/C23H20BrNO4/c24-19-10-6-17(7-11-19)15-29-20-12-8-18(9-13-20)22(26)25-21(23(27)28)14-16-4-2-1-3-5-16/h1-13,21H,14-15H2,(H,25,26)(H,27,28). The molecule has 0 aromatic heterocycles. The van der Waals surface area contributed by atoms with Crippen molar-refractivity contribution in [3.8, 4) is 5.75 Å². The van der Waals surface area contributed by atoms with E-state index in [4.69, 9.17) is 4.74 Å². The summed E-state index contributed by atoms with van der Waals surface area (Å²) in [6.07, 6.45) is 0.219. The molecule has 0 aliphatic carbocycles. The summed E-state index contributed by atoms with van der Waals surface area (Å²) in [4.78, 5) is 24.0. The van der Waals surface area contributed by atoms with Gasteiger partial charge in [-0.2, -0.15) is 0 Å². The highest BCUT2D eigenvalue weighted by Gasteiger charge is 2.21. The molecule has 0 bridgehead atoms. The maximum atomic E-state index is 12.5. The molecule has 0 aliphatic heterocycles. The normalized spacial score (nSPS) is 11.5. The van der Waals surface area contributed by atoms with Gasteiger partial charge in [-0.3, -0.25) is 4.79 Å². The van der Waals surface area contributed by atoms with Crippen LogP contribution in [0.2, 0.25) is 0 Å². The van der Waals surface area contributed by atoms with Crippen LogP contribution >= 0.6 is 15.9 Å². The summed E-state index contributed by atoms with van der Waals surface area (Å²) in [6.45, 7) is 0.414. The van der Waals surface area contributed by atoms with Crippen LogP contribution in [0.1, 0.15) is 21.5 Å². The lowest BCUT2D eigenvalue weighted by Gasteiger charge is -2.15. The number of aliphatic carboxylic acids is 1. The molecular weight excluding hydrogens is 434 g/mol. The van der Waals surface area contributed by atoms with Gasteiger partial charge in [-0.05, 0) is 47.5 Å². The Morgan fingerprint density at radius 2 is 1.55 bits per heavy atom. The minimum atomic E-state index is -1.07. The van der Waals surface area contributed by atoms with Crippen LogP contribution in [0.25, 0.3) is 0 Å². The number of carbonyl (C=O) groups excluding carboxylic acids is 1. The van der Waals surface area contributed by atoms with E-state index in [-0.39, 0.29) is 6.42 Å². The van der Waals surface area contributed by atoms with Crippen LogP contribution in [0, 0.1) is 0 Å². The molecule has 3 aromatic carbocycles. The Labute approximate surface area is 177 Å². The highest BCUT2D eigenvalue weighted by atomic mass is 79.9. The van der Waals surface area contributed by atoms with Crippen LogP contribution < -0.4 is 10.1 Å². The fraction of sp³-hybridized carbons (Fsp3) is 0.130. The molecule has 0 fully saturated rings. The molecule has 0 spiro atoms. The summed E-state index contributed by atoms with van der Waals surface area (Å²) in [5, 5.41) is 12.0. The van der Waals surface area contributed by atoms with Gasteiger partial charge in [0.05, 0.1) is 0 Å². The number of benzene rings is 3. The van der Waals surface area contributed by atoms with Gasteiger partial charge in [0, 0.05) is 16.5 Å². The maximum absolute atomic E-state index is 12.5. The third kappa shape index (κ3) is 6.19. The predicted octanol–water partition coefficient (Wildman–Crippen LogP) is 4.45. The molecule has 148 valence electrons. The summed E-state index contributed by atoms with van der Waals surface area (Å²) < 4.78 is 6.73. The van der Waals surface area contributed by atoms with E-state index in [1.54, 1.807) is 24.3 Å². The van der Waals surface area contributed by atoms with Crippen LogP contribution in [0.15, 0.2) is 83.3 Å². The van der Waals surface area contributed by atoms with E-state index >= 15 is 0 Å². The van der Waals surface area contributed by atoms with Crippen LogP contribution in [0.5, 0.6) is 5.75 Å². The van der Waals surface area contributed by atoms with E-state index in [0.29, 0.717) is 17.9 Å².